The summed E-state index contributed by atoms with van der Waals surface area (Å²) in [5.74, 6) is 0.246. The van der Waals surface area contributed by atoms with Gasteiger partial charge < -0.3 is 5.32 Å². The second-order valence-electron chi connectivity index (χ2n) is 6.20. The highest BCUT2D eigenvalue weighted by Gasteiger charge is 2.29. The molecule has 0 saturated carbocycles. The van der Waals surface area contributed by atoms with E-state index in [4.69, 9.17) is 0 Å². The Morgan fingerprint density at radius 3 is 2.61 bits per heavy atom. The van der Waals surface area contributed by atoms with Gasteiger partial charge in [-0.3, -0.25) is 4.79 Å². The van der Waals surface area contributed by atoms with Gasteiger partial charge in [-0.1, -0.05) is 26.0 Å². The average Bonchev–Trinajstić information content (AvgIpc) is 2.48. The number of nitrogens with one attached hydrogen (secondary N) is 1. The lowest BCUT2D eigenvalue weighted by molar-refractivity contribution is -0.121. The maximum Gasteiger partial charge on any atom is 0.267 e. The van der Waals surface area contributed by atoms with E-state index in [1.54, 1.807) is 18.2 Å². The number of carbonyl (C=O) groups is 1. The van der Waals surface area contributed by atoms with Gasteiger partial charge in [0.1, 0.15) is 17.8 Å². The van der Waals surface area contributed by atoms with Gasteiger partial charge in [-0.05, 0) is 37.8 Å². The molecule has 0 fully saturated rings. The largest absolute Gasteiger partial charge is 0.352 e. The Hall–Kier alpha value is -1.89. The van der Waals surface area contributed by atoms with Crippen molar-refractivity contribution >= 4 is 28.0 Å². The second-order valence-corrected chi connectivity index (χ2v) is 8.06. The maximum absolute atomic E-state index is 12.5. The molecule has 23 heavy (non-hydrogen) atoms. The first-order valence-electron chi connectivity index (χ1n) is 7.75. The van der Waals surface area contributed by atoms with Crippen molar-refractivity contribution in [3.8, 4) is 0 Å². The van der Waals surface area contributed by atoms with Crippen LogP contribution in [-0.2, 0) is 14.8 Å². The number of para-hydroxylation sites is 1. The Bertz CT molecular complexity index is 698. The fourth-order valence-electron chi connectivity index (χ4n) is 2.34. The van der Waals surface area contributed by atoms with E-state index in [9.17, 15) is 13.2 Å². The highest BCUT2D eigenvalue weighted by Crippen LogP contribution is 2.29. The topological polar surface area (TPSA) is 78.8 Å². The summed E-state index contributed by atoms with van der Waals surface area (Å²) in [7, 11) is -3.72. The second kappa shape index (κ2) is 7.12. The first-order valence-corrected chi connectivity index (χ1v) is 9.19. The zero-order valence-electron chi connectivity index (χ0n) is 13.7. The van der Waals surface area contributed by atoms with Crippen molar-refractivity contribution < 1.29 is 13.2 Å². The molecule has 7 heteroatoms. The Morgan fingerprint density at radius 1 is 1.22 bits per heavy atom. The van der Waals surface area contributed by atoms with E-state index in [0.717, 1.165) is 17.1 Å². The number of benzene rings is 1. The minimum absolute atomic E-state index is 0.0154. The molecule has 1 amide bonds. The van der Waals surface area contributed by atoms with Gasteiger partial charge in [0.05, 0.1) is 5.69 Å². The third kappa shape index (κ3) is 4.31. The van der Waals surface area contributed by atoms with Gasteiger partial charge >= 0.3 is 0 Å². The van der Waals surface area contributed by atoms with Crippen molar-refractivity contribution in [2.75, 3.05) is 6.54 Å². The van der Waals surface area contributed by atoms with E-state index in [1.165, 1.54) is 12.4 Å². The zero-order valence-corrected chi connectivity index (χ0v) is 14.5. The quantitative estimate of drug-likeness (QED) is 0.865. The lowest BCUT2D eigenvalue weighted by atomic mass is 10.0. The highest BCUT2D eigenvalue weighted by atomic mass is 32.2. The van der Waals surface area contributed by atoms with Crippen molar-refractivity contribution in [3.05, 3.63) is 24.3 Å². The van der Waals surface area contributed by atoms with Crippen LogP contribution in [0.15, 0.2) is 34.2 Å². The van der Waals surface area contributed by atoms with Crippen LogP contribution in [0.3, 0.4) is 0 Å². The van der Waals surface area contributed by atoms with Crippen molar-refractivity contribution in [3.63, 3.8) is 0 Å². The number of amides is 1. The third-order valence-corrected chi connectivity index (χ3v) is 5.40. The summed E-state index contributed by atoms with van der Waals surface area (Å²) in [4.78, 5) is 16.3. The zero-order chi connectivity index (χ0) is 17.0. The minimum Gasteiger partial charge on any atom is -0.352 e. The molecule has 0 aliphatic carbocycles. The van der Waals surface area contributed by atoms with E-state index in [2.05, 4.69) is 24.2 Å². The molecule has 1 aromatic carbocycles. The number of nitrogens with zero attached hydrogens (tertiary/aromatic N) is 2. The Labute approximate surface area is 137 Å². The predicted molar refractivity (Wildman–Crippen MR) is 90.2 cm³/mol. The molecule has 0 unspecified atom stereocenters. The summed E-state index contributed by atoms with van der Waals surface area (Å²) in [6.45, 7) is 5.92. The number of hydrogen-bond donors (Lipinski definition) is 1. The van der Waals surface area contributed by atoms with E-state index in [-0.39, 0.29) is 23.4 Å². The van der Waals surface area contributed by atoms with Crippen LogP contribution in [0.4, 0.5) is 5.69 Å². The molecule has 1 atom stereocenters. The normalized spacial score (nSPS) is 17.0. The van der Waals surface area contributed by atoms with Gasteiger partial charge in [0.2, 0.25) is 5.91 Å². The Morgan fingerprint density at radius 2 is 1.91 bits per heavy atom. The summed E-state index contributed by atoms with van der Waals surface area (Å²) in [5.41, 5.74) is 0.398. The molecule has 1 N–H and O–H groups in total. The van der Waals surface area contributed by atoms with Crippen molar-refractivity contribution in [2.24, 2.45) is 10.9 Å². The van der Waals surface area contributed by atoms with Crippen LogP contribution in [0.25, 0.3) is 0 Å². The highest BCUT2D eigenvalue weighted by molar-refractivity contribution is 7.89. The molecular formula is C16H23N3O3S. The fraction of sp³-hybridized carbons (Fsp3) is 0.500. The van der Waals surface area contributed by atoms with Crippen molar-refractivity contribution in [1.82, 2.24) is 9.62 Å². The summed E-state index contributed by atoms with van der Waals surface area (Å²) >= 11 is 0. The number of carbonyl (C=O) groups excluding carboxylic acids is 1. The van der Waals surface area contributed by atoms with Gasteiger partial charge in [-0.25, -0.2) is 17.7 Å². The van der Waals surface area contributed by atoms with Crippen LogP contribution in [0, 0.1) is 5.92 Å². The molecule has 1 aromatic rings. The summed E-state index contributed by atoms with van der Waals surface area (Å²) < 4.78 is 26.0. The van der Waals surface area contributed by atoms with Gasteiger partial charge in [0.15, 0.2) is 0 Å². The van der Waals surface area contributed by atoms with Crippen molar-refractivity contribution in [1.29, 1.82) is 0 Å². The average molecular weight is 337 g/mol. The molecule has 126 valence electrons. The van der Waals surface area contributed by atoms with Crippen molar-refractivity contribution in [2.45, 2.75) is 44.6 Å². The summed E-state index contributed by atoms with van der Waals surface area (Å²) in [6, 6.07) is 6.52. The lowest BCUT2D eigenvalue weighted by Crippen LogP contribution is -2.43. The first kappa shape index (κ1) is 17.5. The van der Waals surface area contributed by atoms with Crippen LogP contribution in [-0.4, -0.2) is 37.6 Å². The summed E-state index contributed by atoms with van der Waals surface area (Å²) in [5, 5.41) is 2.84. The van der Waals surface area contributed by atoms with Crippen LogP contribution < -0.4 is 5.32 Å². The molecular weight excluding hydrogens is 314 g/mol. The van der Waals surface area contributed by atoms with Crippen LogP contribution >= 0.6 is 0 Å². The van der Waals surface area contributed by atoms with Gasteiger partial charge in [-0.2, -0.15) is 0 Å². The number of aliphatic imine (C=N–C) groups is 1. The standard InChI is InChI=1S/C16H23N3O3S/c1-12(2)8-9-13(3)18-16(20)10-19-11-17-14-6-4-5-7-15(14)23(19,21)22/h4-7,11-13H,8-10H2,1-3H3,(H,18,20)/t13-/m1/s1. The number of hydrogen-bond acceptors (Lipinski definition) is 4. The number of rotatable bonds is 6. The molecule has 1 heterocycles. The Kier molecular flexibility index (Phi) is 5.41. The number of fused-ring (bicyclic) bond motifs is 1. The summed E-state index contributed by atoms with van der Waals surface area (Å²) in [6.07, 6.45) is 3.08. The minimum atomic E-state index is -3.72. The molecule has 0 aromatic heterocycles. The van der Waals surface area contributed by atoms with E-state index >= 15 is 0 Å². The molecule has 2 rings (SSSR count). The Balaban J connectivity index is 2.00. The molecule has 0 spiro atoms. The molecule has 0 radical (unpaired) electrons. The predicted octanol–water partition coefficient (Wildman–Crippen LogP) is 2.29. The monoisotopic (exact) mass is 337 g/mol. The molecule has 0 bridgehead atoms. The van der Waals surface area contributed by atoms with Gasteiger partial charge in [-0.15, -0.1) is 0 Å². The molecule has 1 aliphatic heterocycles. The molecule has 0 saturated heterocycles. The molecule has 1 aliphatic rings. The third-order valence-electron chi connectivity index (χ3n) is 3.66. The number of sulfonamides is 1. The van der Waals surface area contributed by atoms with Crippen LogP contribution in [0.2, 0.25) is 0 Å². The van der Waals surface area contributed by atoms with Crippen LogP contribution in [0.5, 0.6) is 0 Å². The fourth-order valence-corrected chi connectivity index (χ4v) is 3.69. The first-order chi connectivity index (χ1) is 10.8. The maximum atomic E-state index is 12.5. The van der Waals surface area contributed by atoms with Crippen LogP contribution in [0.1, 0.15) is 33.6 Å². The van der Waals surface area contributed by atoms with Gasteiger partial charge in [0.25, 0.3) is 10.0 Å². The smallest absolute Gasteiger partial charge is 0.267 e. The van der Waals surface area contributed by atoms with E-state index in [0.29, 0.717) is 11.6 Å². The van der Waals surface area contributed by atoms with Gasteiger partial charge in [0, 0.05) is 6.04 Å². The molecule has 6 nitrogen and oxygen atoms in total. The lowest BCUT2D eigenvalue weighted by Gasteiger charge is -2.24. The van der Waals surface area contributed by atoms with E-state index in [1.807, 2.05) is 6.92 Å². The SMILES string of the molecule is CC(C)CC[C@@H](C)NC(=O)CN1C=Nc2ccccc2S1(=O)=O. The van der Waals surface area contributed by atoms with E-state index < -0.39 is 10.0 Å².